The van der Waals surface area contributed by atoms with E-state index in [1.54, 1.807) is 6.20 Å². The topological polar surface area (TPSA) is 79.6 Å². The van der Waals surface area contributed by atoms with Gasteiger partial charge in [-0.05, 0) is 31.9 Å². The predicted octanol–water partition coefficient (Wildman–Crippen LogP) is 1.57. The molecule has 0 unspecified atom stereocenters. The number of hydrogen-bond acceptors (Lipinski definition) is 5. The van der Waals surface area contributed by atoms with Crippen molar-refractivity contribution in [3.63, 3.8) is 0 Å². The summed E-state index contributed by atoms with van der Waals surface area (Å²) in [5.74, 6) is -0.379. The third-order valence-electron chi connectivity index (χ3n) is 4.42. The Labute approximate surface area is 149 Å². The molecule has 1 heterocycles. The third kappa shape index (κ3) is 5.05. The smallest absolute Gasteiger partial charge is 0.267 e. The van der Waals surface area contributed by atoms with E-state index in [9.17, 15) is 10.1 Å². The lowest BCUT2D eigenvalue weighted by molar-refractivity contribution is -0.112. The molecular formula is C19H26N4O2. The first-order valence-corrected chi connectivity index (χ1v) is 8.53. The molecule has 134 valence electrons. The summed E-state index contributed by atoms with van der Waals surface area (Å²) in [6.45, 7) is 9.83. The highest BCUT2D eigenvalue weighted by atomic mass is 16.3. The Bertz CT molecular complexity index is 675. The van der Waals surface area contributed by atoms with Crippen LogP contribution in [0.15, 0.2) is 23.9 Å². The maximum atomic E-state index is 12.5. The van der Waals surface area contributed by atoms with E-state index >= 15 is 0 Å². The highest BCUT2D eigenvalue weighted by molar-refractivity contribution is 6.07. The zero-order chi connectivity index (χ0) is 18.4. The average Bonchev–Trinajstić information content (AvgIpc) is 2.57. The van der Waals surface area contributed by atoms with E-state index in [-0.39, 0.29) is 18.1 Å². The Hall–Kier alpha value is -2.36. The van der Waals surface area contributed by atoms with Gasteiger partial charge in [0.05, 0.1) is 6.61 Å². The van der Waals surface area contributed by atoms with E-state index < -0.39 is 0 Å². The zero-order valence-electron chi connectivity index (χ0n) is 15.2. The molecule has 1 aliphatic rings. The van der Waals surface area contributed by atoms with Gasteiger partial charge in [0.25, 0.3) is 5.91 Å². The highest BCUT2D eigenvalue weighted by Gasteiger charge is 2.18. The molecule has 6 heteroatoms. The van der Waals surface area contributed by atoms with Gasteiger partial charge in [0.2, 0.25) is 0 Å². The van der Waals surface area contributed by atoms with Crippen molar-refractivity contribution in [3.8, 4) is 6.07 Å². The molecule has 0 bridgehead atoms. The largest absolute Gasteiger partial charge is 0.395 e. The summed E-state index contributed by atoms with van der Waals surface area (Å²) >= 11 is 0. The number of carbonyl (C=O) groups is 1. The molecule has 1 aromatic carbocycles. The molecule has 0 spiro atoms. The normalized spacial score (nSPS) is 15.8. The van der Waals surface area contributed by atoms with Gasteiger partial charge in [-0.1, -0.05) is 17.7 Å². The number of nitrogens with zero attached hydrogens (tertiary/aromatic N) is 3. The molecule has 1 aromatic rings. The Morgan fingerprint density at radius 2 is 1.84 bits per heavy atom. The summed E-state index contributed by atoms with van der Waals surface area (Å²) in [5, 5.41) is 21.2. The summed E-state index contributed by atoms with van der Waals surface area (Å²) in [6.07, 6.45) is 1.64. The lowest BCUT2D eigenvalue weighted by Gasteiger charge is -2.33. The molecule has 2 N–H and O–H groups in total. The molecule has 1 aliphatic heterocycles. The van der Waals surface area contributed by atoms with E-state index in [0.717, 1.165) is 48.6 Å². The van der Waals surface area contributed by atoms with E-state index in [1.165, 1.54) is 0 Å². The van der Waals surface area contributed by atoms with Gasteiger partial charge in [0.1, 0.15) is 11.6 Å². The van der Waals surface area contributed by atoms with Crippen molar-refractivity contribution >= 4 is 11.6 Å². The van der Waals surface area contributed by atoms with Gasteiger partial charge < -0.3 is 15.3 Å². The van der Waals surface area contributed by atoms with E-state index in [0.29, 0.717) is 6.54 Å². The minimum absolute atomic E-state index is 0.106. The predicted molar refractivity (Wildman–Crippen MR) is 98.1 cm³/mol. The summed E-state index contributed by atoms with van der Waals surface area (Å²) in [6, 6.07) is 6.04. The molecule has 0 saturated carbocycles. The fourth-order valence-electron chi connectivity index (χ4n) is 3.14. The van der Waals surface area contributed by atoms with Crippen LogP contribution >= 0.6 is 0 Å². The van der Waals surface area contributed by atoms with Gasteiger partial charge in [-0.15, -0.1) is 0 Å². The Morgan fingerprint density at radius 1 is 1.24 bits per heavy atom. The number of benzene rings is 1. The van der Waals surface area contributed by atoms with Crippen LogP contribution in [-0.2, 0) is 4.79 Å². The molecular weight excluding hydrogens is 316 g/mol. The minimum atomic E-state index is -0.379. The van der Waals surface area contributed by atoms with Crippen molar-refractivity contribution < 1.29 is 9.90 Å². The number of anilines is 1. The molecule has 0 aromatic heterocycles. The van der Waals surface area contributed by atoms with Crippen LogP contribution in [0, 0.1) is 32.1 Å². The van der Waals surface area contributed by atoms with Crippen LogP contribution in [-0.4, -0.2) is 60.1 Å². The fraction of sp³-hybridized carbons (Fsp3) is 0.474. The van der Waals surface area contributed by atoms with Crippen LogP contribution in [0.5, 0.6) is 0 Å². The third-order valence-corrected chi connectivity index (χ3v) is 4.42. The fourth-order valence-corrected chi connectivity index (χ4v) is 3.14. The second kappa shape index (κ2) is 8.65. The van der Waals surface area contributed by atoms with Gasteiger partial charge in [-0.3, -0.25) is 9.69 Å². The van der Waals surface area contributed by atoms with Gasteiger partial charge in [-0.25, -0.2) is 0 Å². The number of aliphatic hydroxyl groups excluding tert-OH is 1. The highest BCUT2D eigenvalue weighted by Crippen LogP contribution is 2.22. The van der Waals surface area contributed by atoms with E-state index in [1.807, 2.05) is 43.9 Å². The van der Waals surface area contributed by atoms with Gasteiger partial charge in [0, 0.05) is 44.6 Å². The molecule has 1 fully saturated rings. The number of carbonyl (C=O) groups excluding carboxylic acids is 1. The Morgan fingerprint density at radius 3 is 2.36 bits per heavy atom. The first-order chi connectivity index (χ1) is 11.9. The van der Waals surface area contributed by atoms with Gasteiger partial charge >= 0.3 is 0 Å². The number of hydrogen-bond donors (Lipinski definition) is 2. The SMILES string of the molecule is Cc1cc(C)c(NC(=O)/C(C#N)=C\N2CCN(CCO)CC2)c(C)c1. The molecule has 2 rings (SSSR count). The van der Waals surface area contributed by atoms with Crippen LogP contribution in [0.1, 0.15) is 16.7 Å². The second-order valence-electron chi connectivity index (χ2n) is 6.48. The zero-order valence-corrected chi connectivity index (χ0v) is 15.2. The van der Waals surface area contributed by atoms with Crippen molar-refractivity contribution in [2.24, 2.45) is 0 Å². The van der Waals surface area contributed by atoms with Gasteiger partial charge in [-0.2, -0.15) is 5.26 Å². The van der Waals surface area contributed by atoms with Crippen molar-refractivity contribution in [3.05, 3.63) is 40.6 Å². The molecule has 6 nitrogen and oxygen atoms in total. The average molecular weight is 342 g/mol. The monoisotopic (exact) mass is 342 g/mol. The van der Waals surface area contributed by atoms with Crippen LogP contribution in [0.3, 0.4) is 0 Å². The van der Waals surface area contributed by atoms with E-state index in [4.69, 9.17) is 5.11 Å². The molecule has 25 heavy (non-hydrogen) atoms. The molecule has 0 aliphatic carbocycles. The lowest BCUT2D eigenvalue weighted by Crippen LogP contribution is -2.45. The number of amides is 1. The summed E-state index contributed by atoms with van der Waals surface area (Å²) in [5.41, 5.74) is 3.99. The molecule has 0 radical (unpaired) electrons. The number of piperazine rings is 1. The lowest BCUT2D eigenvalue weighted by atomic mass is 10.0. The maximum absolute atomic E-state index is 12.5. The number of aliphatic hydroxyl groups is 1. The Balaban J connectivity index is 2.06. The van der Waals surface area contributed by atoms with E-state index in [2.05, 4.69) is 10.2 Å². The first kappa shape index (κ1) is 19.0. The van der Waals surface area contributed by atoms with Crippen LogP contribution in [0.25, 0.3) is 0 Å². The minimum Gasteiger partial charge on any atom is -0.395 e. The maximum Gasteiger partial charge on any atom is 0.267 e. The van der Waals surface area contributed by atoms with Crippen molar-refractivity contribution in [1.82, 2.24) is 9.80 Å². The van der Waals surface area contributed by atoms with Crippen LogP contribution in [0.4, 0.5) is 5.69 Å². The molecule has 0 atom stereocenters. The second-order valence-corrected chi connectivity index (χ2v) is 6.48. The Kier molecular flexibility index (Phi) is 6.57. The summed E-state index contributed by atoms with van der Waals surface area (Å²) < 4.78 is 0. The van der Waals surface area contributed by atoms with Crippen LogP contribution < -0.4 is 5.32 Å². The number of rotatable bonds is 5. The van der Waals surface area contributed by atoms with Crippen molar-refractivity contribution in [2.75, 3.05) is 44.6 Å². The summed E-state index contributed by atoms with van der Waals surface area (Å²) in [7, 11) is 0. The standard InChI is InChI=1S/C19H26N4O2/c1-14-10-15(2)18(16(3)11-14)21-19(25)17(12-20)13-23-6-4-22(5-7-23)8-9-24/h10-11,13,24H,4-9H2,1-3H3,(H,21,25)/b17-13-. The van der Waals surface area contributed by atoms with Crippen molar-refractivity contribution in [1.29, 1.82) is 5.26 Å². The molecule has 1 amide bonds. The number of nitriles is 1. The molecule has 1 saturated heterocycles. The van der Waals surface area contributed by atoms with Gasteiger partial charge in [0.15, 0.2) is 0 Å². The van der Waals surface area contributed by atoms with Crippen molar-refractivity contribution in [2.45, 2.75) is 20.8 Å². The number of aryl methyl sites for hydroxylation is 3. The number of β-amino-alcohol motifs (C(OH)–C–C–N with tert-alkyl or cyclic N) is 1. The summed E-state index contributed by atoms with van der Waals surface area (Å²) in [4.78, 5) is 16.7. The quantitative estimate of drug-likeness (QED) is 0.627. The number of nitrogens with one attached hydrogen (secondary N) is 1. The first-order valence-electron chi connectivity index (χ1n) is 8.53. The van der Waals surface area contributed by atoms with Crippen LogP contribution in [0.2, 0.25) is 0 Å².